The van der Waals surface area contributed by atoms with Gasteiger partial charge in [0.25, 0.3) is 0 Å². The molecule has 0 atom stereocenters. The second kappa shape index (κ2) is 9.46. The maximum Gasteiger partial charge on any atom is 0.244 e. The highest BCUT2D eigenvalue weighted by Gasteiger charge is 2.03. The standard InChI is InChI=1S/C20H22FN5/c21-18-11-5-4-10-17(18)12-14-23-20-25-19(15-24-26-20)22-13-6-9-16-7-2-1-3-8-16/h1-5,7-8,10-11,15H,6,9,12-14H2,(H2,22,23,25,26). The molecule has 0 unspecified atom stereocenters. The summed E-state index contributed by atoms with van der Waals surface area (Å²) in [6.07, 6.45) is 4.18. The monoisotopic (exact) mass is 351 g/mol. The zero-order valence-electron chi connectivity index (χ0n) is 14.5. The number of benzene rings is 2. The molecule has 5 nitrogen and oxygen atoms in total. The van der Waals surface area contributed by atoms with Gasteiger partial charge in [0.05, 0.1) is 6.20 Å². The van der Waals surface area contributed by atoms with E-state index >= 15 is 0 Å². The van der Waals surface area contributed by atoms with E-state index in [2.05, 4.69) is 50.1 Å². The lowest BCUT2D eigenvalue weighted by Gasteiger charge is -2.08. The first-order valence-corrected chi connectivity index (χ1v) is 8.76. The predicted octanol–water partition coefficient (Wildman–Crippen LogP) is 3.71. The number of rotatable bonds is 9. The van der Waals surface area contributed by atoms with Gasteiger partial charge in [-0.3, -0.25) is 0 Å². The molecule has 2 N–H and O–H groups in total. The van der Waals surface area contributed by atoms with Crippen molar-refractivity contribution in [3.8, 4) is 0 Å². The highest BCUT2D eigenvalue weighted by atomic mass is 19.1. The molecule has 0 aliphatic rings. The van der Waals surface area contributed by atoms with Gasteiger partial charge in [-0.2, -0.15) is 10.1 Å². The molecular weight excluding hydrogens is 329 g/mol. The first kappa shape index (κ1) is 17.8. The maximum atomic E-state index is 13.6. The van der Waals surface area contributed by atoms with Gasteiger partial charge in [0.2, 0.25) is 5.95 Å². The third kappa shape index (κ3) is 5.51. The minimum atomic E-state index is -0.192. The highest BCUT2D eigenvalue weighted by Crippen LogP contribution is 2.09. The van der Waals surface area contributed by atoms with E-state index in [1.165, 1.54) is 11.6 Å². The molecular formula is C20H22FN5. The van der Waals surface area contributed by atoms with E-state index in [-0.39, 0.29) is 5.82 Å². The van der Waals surface area contributed by atoms with Crippen LogP contribution in [0.3, 0.4) is 0 Å². The van der Waals surface area contributed by atoms with Gasteiger partial charge in [0, 0.05) is 13.1 Å². The van der Waals surface area contributed by atoms with E-state index in [0.717, 1.165) is 19.4 Å². The summed E-state index contributed by atoms with van der Waals surface area (Å²) in [6, 6.07) is 17.1. The molecule has 0 amide bonds. The summed E-state index contributed by atoms with van der Waals surface area (Å²) < 4.78 is 13.6. The lowest BCUT2D eigenvalue weighted by Crippen LogP contribution is -2.11. The molecule has 0 spiro atoms. The van der Waals surface area contributed by atoms with Crippen molar-refractivity contribution in [1.82, 2.24) is 15.2 Å². The van der Waals surface area contributed by atoms with Crippen molar-refractivity contribution in [1.29, 1.82) is 0 Å². The number of hydrogen-bond donors (Lipinski definition) is 2. The van der Waals surface area contributed by atoms with Crippen molar-refractivity contribution in [2.24, 2.45) is 0 Å². The van der Waals surface area contributed by atoms with Crippen LogP contribution in [0.15, 0.2) is 60.8 Å². The Morgan fingerprint density at radius 3 is 2.50 bits per heavy atom. The van der Waals surface area contributed by atoms with Gasteiger partial charge in [-0.05, 0) is 36.5 Å². The number of nitrogens with one attached hydrogen (secondary N) is 2. The van der Waals surface area contributed by atoms with Gasteiger partial charge in [-0.25, -0.2) is 4.39 Å². The van der Waals surface area contributed by atoms with Crippen LogP contribution >= 0.6 is 0 Å². The van der Waals surface area contributed by atoms with Crippen LogP contribution in [0.4, 0.5) is 16.2 Å². The topological polar surface area (TPSA) is 62.7 Å². The maximum absolute atomic E-state index is 13.6. The molecule has 0 bridgehead atoms. The van der Waals surface area contributed by atoms with E-state index in [1.54, 1.807) is 18.3 Å². The van der Waals surface area contributed by atoms with Gasteiger partial charge >= 0.3 is 0 Å². The van der Waals surface area contributed by atoms with E-state index in [9.17, 15) is 4.39 Å². The van der Waals surface area contributed by atoms with Crippen molar-refractivity contribution >= 4 is 11.8 Å². The van der Waals surface area contributed by atoms with E-state index in [0.29, 0.717) is 30.3 Å². The molecule has 134 valence electrons. The Morgan fingerprint density at radius 1 is 0.846 bits per heavy atom. The fourth-order valence-electron chi connectivity index (χ4n) is 2.63. The third-order valence-electron chi connectivity index (χ3n) is 3.99. The SMILES string of the molecule is Fc1ccccc1CCNc1nncc(NCCCc2ccccc2)n1. The Bertz CT molecular complexity index is 810. The summed E-state index contributed by atoms with van der Waals surface area (Å²) in [6.45, 7) is 1.35. The Labute approximate surface area is 152 Å². The first-order valence-electron chi connectivity index (χ1n) is 8.76. The van der Waals surface area contributed by atoms with Crippen molar-refractivity contribution in [3.63, 3.8) is 0 Å². The first-order chi connectivity index (χ1) is 12.8. The third-order valence-corrected chi connectivity index (χ3v) is 3.99. The Hall–Kier alpha value is -3.02. The smallest absolute Gasteiger partial charge is 0.244 e. The molecule has 2 aromatic carbocycles. The molecule has 0 radical (unpaired) electrons. The average Bonchev–Trinajstić information content (AvgIpc) is 2.68. The fraction of sp³-hybridized carbons (Fsp3) is 0.250. The van der Waals surface area contributed by atoms with E-state index in [1.807, 2.05) is 12.1 Å². The van der Waals surface area contributed by atoms with Crippen LogP contribution in [0.1, 0.15) is 17.5 Å². The average molecular weight is 351 g/mol. The Balaban J connectivity index is 1.42. The number of hydrogen-bond acceptors (Lipinski definition) is 5. The van der Waals surface area contributed by atoms with Gasteiger partial charge in [-0.15, -0.1) is 5.10 Å². The van der Waals surface area contributed by atoms with Gasteiger partial charge in [-0.1, -0.05) is 48.5 Å². The summed E-state index contributed by atoms with van der Waals surface area (Å²) in [5, 5.41) is 14.3. The fourth-order valence-corrected chi connectivity index (χ4v) is 2.63. The minimum absolute atomic E-state index is 0.192. The van der Waals surface area contributed by atoms with E-state index in [4.69, 9.17) is 0 Å². The summed E-state index contributed by atoms with van der Waals surface area (Å²) in [7, 11) is 0. The lowest BCUT2D eigenvalue weighted by molar-refractivity contribution is 0.610. The van der Waals surface area contributed by atoms with Crippen LogP contribution in [0, 0.1) is 5.82 Å². The number of aryl methyl sites for hydroxylation is 1. The van der Waals surface area contributed by atoms with Crippen molar-refractivity contribution in [2.45, 2.75) is 19.3 Å². The molecule has 3 aromatic rings. The second-order valence-corrected chi connectivity index (χ2v) is 5.95. The van der Waals surface area contributed by atoms with Gasteiger partial charge in [0.15, 0.2) is 0 Å². The van der Waals surface area contributed by atoms with E-state index < -0.39 is 0 Å². The van der Waals surface area contributed by atoms with Crippen molar-refractivity contribution in [3.05, 3.63) is 77.7 Å². The van der Waals surface area contributed by atoms with Crippen LogP contribution in [0.2, 0.25) is 0 Å². The summed E-state index contributed by atoms with van der Waals surface area (Å²) >= 11 is 0. The lowest BCUT2D eigenvalue weighted by atomic mass is 10.1. The molecule has 1 heterocycles. The summed E-state index contributed by atoms with van der Waals surface area (Å²) in [5.74, 6) is 0.929. The van der Waals surface area contributed by atoms with Gasteiger partial charge < -0.3 is 10.6 Å². The van der Waals surface area contributed by atoms with Crippen molar-refractivity contribution in [2.75, 3.05) is 23.7 Å². The molecule has 0 aliphatic heterocycles. The predicted molar refractivity (Wildman–Crippen MR) is 102 cm³/mol. The van der Waals surface area contributed by atoms with Crippen LogP contribution in [0.25, 0.3) is 0 Å². The summed E-state index contributed by atoms with van der Waals surface area (Å²) in [5.41, 5.74) is 1.99. The second-order valence-electron chi connectivity index (χ2n) is 5.95. The molecule has 0 saturated carbocycles. The molecule has 26 heavy (non-hydrogen) atoms. The molecule has 0 saturated heterocycles. The van der Waals surface area contributed by atoms with Crippen LogP contribution < -0.4 is 10.6 Å². The molecule has 3 rings (SSSR count). The van der Waals surface area contributed by atoms with Crippen molar-refractivity contribution < 1.29 is 4.39 Å². The number of halogens is 1. The van der Waals surface area contributed by atoms with Crippen LogP contribution in [-0.4, -0.2) is 28.3 Å². The zero-order valence-corrected chi connectivity index (χ0v) is 14.5. The molecule has 0 fully saturated rings. The van der Waals surface area contributed by atoms with Gasteiger partial charge in [0.1, 0.15) is 11.6 Å². The van der Waals surface area contributed by atoms with Crippen LogP contribution in [0.5, 0.6) is 0 Å². The quantitative estimate of drug-likeness (QED) is 0.576. The minimum Gasteiger partial charge on any atom is -0.369 e. The molecule has 0 aliphatic carbocycles. The van der Waals surface area contributed by atoms with Crippen LogP contribution in [-0.2, 0) is 12.8 Å². The molecule has 6 heteroatoms. The normalized spacial score (nSPS) is 10.5. The zero-order chi connectivity index (χ0) is 18.0. The Kier molecular flexibility index (Phi) is 6.47. The highest BCUT2D eigenvalue weighted by molar-refractivity contribution is 5.37. The molecule has 1 aromatic heterocycles. The largest absolute Gasteiger partial charge is 0.369 e. The summed E-state index contributed by atoms with van der Waals surface area (Å²) in [4.78, 5) is 4.38. The Morgan fingerprint density at radius 2 is 1.65 bits per heavy atom. The number of nitrogens with zero attached hydrogens (tertiary/aromatic N) is 3. The number of anilines is 2. The number of aromatic nitrogens is 3.